The van der Waals surface area contributed by atoms with Gasteiger partial charge in [0.25, 0.3) is 0 Å². The van der Waals surface area contributed by atoms with Crippen LogP contribution in [0.1, 0.15) is 42.7 Å². The molecule has 1 nitrogen and oxygen atoms in total. The largest absolute Gasteiger partial charge is 0.198 e. The van der Waals surface area contributed by atoms with Gasteiger partial charge in [0.1, 0.15) is 0 Å². The van der Waals surface area contributed by atoms with Gasteiger partial charge in [0.05, 0.1) is 12.0 Å². The fourth-order valence-electron chi connectivity index (χ4n) is 2.66. The fourth-order valence-corrected chi connectivity index (χ4v) is 2.66. The predicted octanol–water partition coefficient (Wildman–Crippen LogP) is 3.79. The zero-order valence-electron chi connectivity index (χ0n) is 9.24. The van der Waals surface area contributed by atoms with E-state index in [4.69, 9.17) is 0 Å². The van der Waals surface area contributed by atoms with Crippen molar-refractivity contribution in [2.45, 2.75) is 38.5 Å². The van der Waals surface area contributed by atoms with Gasteiger partial charge in [0, 0.05) is 0 Å². The van der Waals surface area contributed by atoms with Gasteiger partial charge in [-0.3, -0.25) is 0 Å². The maximum atomic E-state index is 9.31. The van der Waals surface area contributed by atoms with Crippen LogP contribution in [0.2, 0.25) is 0 Å². The van der Waals surface area contributed by atoms with Gasteiger partial charge in [-0.05, 0) is 36.8 Å². The Morgan fingerprint density at radius 2 is 1.93 bits per heavy atom. The van der Waals surface area contributed by atoms with Crippen molar-refractivity contribution in [1.29, 1.82) is 5.26 Å². The molecule has 1 saturated carbocycles. The summed E-state index contributed by atoms with van der Waals surface area (Å²) in [5.74, 6) is 0.713. The number of rotatable bonds is 2. The molecule has 0 N–H and O–H groups in total. The van der Waals surface area contributed by atoms with E-state index in [1.807, 2.05) is 12.1 Å². The number of aryl methyl sites for hydroxylation is 1. The van der Waals surface area contributed by atoms with E-state index in [1.54, 1.807) is 0 Å². The van der Waals surface area contributed by atoms with Crippen LogP contribution >= 0.6 is 0 Å². The van der Waals surface area contributed by atoms with E-state index < -0.39 is 0 Å². The molecule has 1 aliphatic carbocycles. The van der Waals surface area contributed by atoms with E-state index >= 15 is 0 Å². The fraction of sp³-hybridized carbons (Fsp3) is 0.500. The summed E-state index contributed by atoms with van der Waals surface area (Å²) in [5, 5.41) is 9.31. The second kappa shape index (κ2) is 4.49. The third-order valence-corrected chi connectivity index (χ3v) is 3.53. The first kappa shape index (κ1) is 10.2. The molecule has 0 spiro atoms. The molecular formula is C14H17N. The topological polar surface area (TPSA) is 23.8 Å². The number of hydrogen-bond donors (Lipinski definition) is 0. The van der Waals surface area contributed by atoms with Crippen LogP contribution in [-0.4, -0.2) is 0 Å². The standard InChI is InChI=1S/C14H17N/c1-11-6-2-5-9-13(11)14(10-15)12-7-3-4-8-12/h2,5-6,9,12,14H,3-4,7-8H2,1H3. The number of benzene rings is 1. The van der Waals surface area contributed by atoms with Crippen molar-refractivity contribution in [3.05, 3.63) is 35.4 Å². The first-order valence-electron chi connectivity index (χ1n) is 5.78. The van der Waals surface area contributed by atoms with Crippen molar-refractivity contribution >= 4 is 0 Å². The van der Waals surface area contributed by atoms with Crippen LogP contribution in [0.15, 0.2) is 24.3 Å². The minimum atomic E-state index is 0.119. The molecule has 1 atom stereocenters. The van der Waals surface area contributed by atoms with Gasteiger partial charge >= 0.3 is 0 Å². The van der Waals surface area contributed by atoms with Gasteiger partial charge in [-0.25, -0.2) is 0 Å². The van der Waals surface area contributed by atoms with Crippen molar-refractivity contribution in [3.63, 3.8) is 0 Å². The quantitative estimate of drug-likeness (QED) is 0.710. The molecule has 78 valence electrons. The van der Waals surface area contributed by atoms with E-state index in [1.165, 1.54) is 36.8 Å². The Morgan fingerprint density at radius 1 is 1.27 bits per heavy atom. The van der Waals surface area contributed by atoms with Crippen LogP contribution in [0.5, 0.6) is 0 Å². The van der Waals surface area contributed by atoms with Crippen LogP contribution in [0.4, 0.5) is 0 Å². The molecule has 0 aromatic heterocycles. The maximum absolute atomic E-state index is 9.31. The first-order chi connectivity index (χ1) is 7.33. The van der Waals surface area contributed by atoms with E-state index in [-0.39, 0.29) is 5.92 Å². The summed E-state index contributed by atoms with van der Waals surface area (Å²) in [6.45, 7) is 2.11. The second-order valence-electron chi connectivity index (χ2n) is 4.51. The monoisotopic (exact) mass is 199 g/mol. The molecule has 15 heavy (non-hydrogen) atoms. The summed E-state index contributed by atoms with van der Waals surface area (Å²) in [6.07, 6.45) is 5.06. The molecule has 1 aromatic rings. The van der Waals surface area contributed by atoms with Gasteiger partial charge in [-0.15, -0.1) is 0 Å². The van der Waals surface area contributed by atoms with Crippen LogP contribution in [-0.2, 0) is 0 Å². The second-order valence-corrected chi connectivity index (χ2v) is 4.51. The molecule has 0 aliphatic heterocycles. The molecule has 1 unspecified atom stereocenters. The number of nitrogens with zero attached hydrogens (tertiary/aromatic N) is 1. The smallest absolute Gasteiger partial charge is 0.0743 e. The molecule has 0 radical (unpaired) electrons. The summed E-state index contributed by atoms with van der Waals surface area (Å²) >= 11 is 0. The highest BCUT2D eigenvalue weighted by atomic mass is 14.3. The molecule has 1 aromatic carbocycles. The molecule has 0 heterocycles. The Hall–Kier alpha value is -1.29. The normalized spacial score (nSPS) is 18.7. The predicted molar refractivity (Wildman–Crippen MR) is 61.5 cm³/mol. The van der Waals surface area contributed by atoms with Gasteiger partial charge in [0.15, 0.2) is 0 Å². The summed E-state index contributed by atoms with van der Waals surface area (Å²) < 4.78 is 0. The van der Waals surface area contributed by atoms with E-state index in [9.17, 15) is 5.26 Å². The van der Waals surface area contributed by atoms with Crippen molar-refractivity contribution in [1.82, 2.24) is 0 Å². The molecule has 0 saturated heterocycles. The van der Waals surface area contributed by atoms with Crippen molar-refractivity contribution in [2.24, 2.45) is 5.92 Å². The average molecular weight is 199 g/mol. The zero-order valence-corrected chi connectivity index (χ0v) is 9.24. The van der Waals surface area contributed by atoms with Crippen molar-refractivity contribution in [3.8, 4) is 6.07 Å². The highest BCUT2D eigenvalue weighted by Gasteiger charge is 2.26. The summed E-state index contributed by atoms with van der Waals surface area (Å²) in [5.41, 5.74) is 2.50. The van der Waals surface area contributed by atoms with E-state index in [2.05, 4.69) is 25.1 Å². The minimum absolute atomic E-state index is 0.119. The summed E-state index contributed by atoms with van der Waals surface area (Å²) in [6, 6.07) is 10.8. The maximum Gasteiger partial charge on any atom is 0.0743 e. The third kappa shape index (κ3) is 2.04. The van der Waals surface area contributed by atoms with E-state index in [0.717, 1.165) is 0 Å². The molecular weight excluding hydrogens is 182 g/mol. The highest BCUT2D eigenvalue weighted by molar-refractivity contribution is 5.33. The van der Waals surface area contributed by atoms with Crippen molar-refractivity contribution in [2.75, 3.05) is 0 Å². The molecule has 0 bridgehead atoms. The molecule has 0 amide bonds. The van der Waals surface area contributed by atoms with Crippen LogP contribution in [0, 0.1) is 24.2 Å². The Balaban J connectivity index is 2.27. The van der Waals surface area contributed by atoms with Crippen LogP contribution in [0.25, 0.3) is 0 Å². The highest BCUT2D eigenvalue weighted by Crippen LogP contribution is 2.37. The first-order valence-corrected chi connectivity index (χ1v) is 5.78. The lowest BCUT2D eigenvalue weighted by Gasteiger charge is -2.18. The lowest BCUT2D eigenvalue weighted by atomic mass is 9.84. The Bertz CT molecular complexity index is 369. The summed E-state index contributed by atoms with van der Waals surface area (Å²) in [4.78, 5) is 0. The number of nitriles is 1. The SMILES string of the molecule is Cc1ccccc1C(C#N)C1CCCC1. The number of hydrogen-bond acceptors (Lipinski definition) is 1. The van der Waals surface area contributed by atoms with Gasteiger partial charge in [0.2, 0.25) is 0 Å². The van der Waals surface area contributed by atoms with Crippen LogP contribution < -0.4 is 0 Å². The van der Waals surface area contributed by atoms with Gasteiger partial charge in [-0.1, -0.05) is 37.1 Å². The minimum Gasteiger partial charge on any atom is -0.198 e. The molecule has 1 heteroatoms. The van der Waals surface area contributed by atoms with Gasteiger partial charge in [-0.2, -0.15) is 5.26 Å². The van der Waals surface area contributed by atoms with Crippen molar-refractivity contribution < 1.29 is 0 Å². The van der Waals surface area contributed by atoms with Gasteiger partial charge < -0.3 is 0 Å². The van der Waals surface area contributed by atoms with Crippen LogP contribution in [0.3, 0.4) is 0 Å². The molecule has 2 rings (SSSR count). The third-order valence-electron chi connectivity index (χ3n) is 3.53. The Kier molecular flexibility index (Phi) is 3.06. The van der Waals surface area contributed by atoms with E-state index in [0.29, 0.717) is 5.92 Å². The Labute approximate surface area is 91.7 Å². The lowest BCUT2D eigenvalue weighted by molar-refractivity contribution is 0.500. The summed E-state index contributed by atoms with van der Waals surface area (Å²) in [7, 11) is 0. The lowest BCUT2D eigenvalue weighted by Crippen LogP contribution is -2.08. The molecule has 1 fully saturated rings. The molecule has 1 aliphatic rings. The zero-order chi connectivity index (χ0) is 10.7. The Morgan fingerprint density at radius 3 is 2.53 bits per heavy atom. The average Bonchev–Trinajstić information content (AvgIpc) is 2.75.